The summed E-state index contributed by atoms with van der Waals surface area (Å²) in [6.07, 6.45) is 1.27. The average molecular weight is 506 g/mol. The maximum atomic E-state index is 12.8. The molecule has 196 valence electrons. The van der Waals surface area contributed by atoms with Gasteiger partial charge in [0, 0.05) is 64.0 Å². The third kappa shape index (κ3) is 5.72. The van der Waals surface area contributed by atoms with E-state index in [4.69, 9.17) is 9.57 Å². The van der Waals surface area contributed by atoms with Crippen LogP contribution >= 0.6 is 0 Å². The lowest BCUT2D eigenvalue weighted by molar-refractivity contribution is -0.116. The van der Waals surface area contributed by atoms with Crippen molar-refractivity contribution in [2.75, 3.05) is 54.4 Å². The molecule has 5 rings (SSSR count). The van der Waals surface area contributed by atoms with Crippen molar-refractivity contribution in [2.24, 2.45) is 5.16 Å². The van der Waals surface area contributed by atoms with Crippen molar-refractivity contribution in [3.8, 4) is 5.75 Å². The van der Waals surface area contributed by atoms with E-state index in [1.807, 2.05) is 44.2 Å². The summed E-state index contributed by atoms with van der Waals surface area (Å²) in [6, 6.07) is 13.9. The van der Waals surface area contributed by atoms with Crippen LogP contribution in [-0.4, -0.2) is 73.9 Å². The van der Waals surface area contributed by atoms with Crippen LogP contribution in [0.5, 0.6) is 5.75 Å². The Labute approximate surface area is 218 Å². The number of rotatable bonds is 7. The molecule has 37 heavy (non-hydrogen) atoms. The minimum Gasteiger partial charge on any atom is -0.489 e. The minimum absolute atomic E-state index is 0.0328. The van der Waals surface area contributed by atoms with E-state index in [9.17, 15) is 9.59 Å². The molecule has 0 aromatic heterocycles. The smallest absolute Gasteiger partial charge is 0.273 e. The van der Waals surface area contributed by atoms with Gasteiger partial charge in [0.15, 0.2) is 0 Å². The Kier molecular flexibility index (Phi) is 7.32. The molecule has 0 aliphatic carbocycles. The number of carbonyl (C=O) groups is 2. The predicted molar refractivity (Wildman–Crippen MR) is 145 cm³/mol. The highest BCUT2D eigenvalue weighted by Gasteiger charge is 2.30. The van der Waals surface area contributed by atoms with Crippen LogP contribution < -0.4 is 19.9 Å². The number of amides is 2. The van der Waals surface area contributed by atoms with Crippen molar-refractivity contribution < 1.29 is 19.2 Å². The van der Waals surface area contributed by atoms with Crippen molar-refractivity contribution in [1.29, 1.82) is 0 Å². The zero-order valence-electron chi connectivity index (χ0n) is 21.8. The molecule has 1 saturated heterocycles. The summed E-state index contributed by atoms with van der Waals surface area (Å²) in [4.78, 5) is 36.7. The first kappa shape index (κ1) is 25.1. The van der Waals surface area contributed by atoms with Crippen LogP contribution in [0.2, 0.25) is 0 Å². The fraction of sp³-hybridized carbons (Fsp3) is 0.464. The zero-order chi connectivity index (χ0) is 25.9. The molecule has 3 aliphatic heterocycles. The molecule has 1 fully saturated rings. The number of hydrogen-bond acceptors (Lipinski definition) is 7. The zero-order valence-corrected chi connectivity index (χ0v) is 21.8. The van der Waals surface area contributed by atoms with Crippen LogP contribution in [0.15, 0.2) is 47.6 Å². The summed E-state index contributed by atoms with van der Waals surface area (Å²) in [5.74, 6) is 0.717. The van der Waals surface area contributed by atoms with E-state index in [1.54, 1.807) is 11.8 Å². The number of ether oxygens (including phenoxy) is 1. The Morgan fingerprint density at radius 1 is 1.08 bits per heavy atom. The molecule has 1 unspecified atom stereocenters. The average Bonchev–Trinajstić information content (AvgIpc) is 3.52. The van der Waals surface area contributed by atoms with Crippen molar-refractivity contribution >= 4 is 34.6 Å². The van der Waals surface area contributed by atoms with Gasteiger partial charge in [-0.15, -0.1) is 0 Å². The number of anilines is 3. The quantitative estimate of drug-likeness (QED) is 0.622. The van der Waals surface area contributed by atoms with Gasteiger partial charge in [-0.1, -0.05) is 17.3 Å². The van der Waals surface area contributed by atoms with Crippen LogP contribution in [0.3, 0.4) is 0 Å². The van der Waals surface area contributed by atoms with Crippen molar-refractivity contribution in [2.45, 2.75) is 45.8 Å². The highest BCUT2D eigenvalue weighted by molar-refractivity contribution is 6.43. The molecule has 0 saturated carbocycles. The molecular weight excluding hydrogens is 470 g/mol. The first-order valence-electron chi connectivity index (χ1n) is 13.1. The van der Waals surface area contributed by atoms with E-state index in [0.717, 1.165) is 61.8 Å². The third-order valence-electron chi connectivity index (χ3n) is 7.01. The first-order chi connectivity index (χ1) is 17.9. The lowest BCUT2D eigenvalue weighted by Crippen LogP contribution is -2.48. The summed E-state index contributed by atoms with van der Waals surface area (Å²) in [5.41, 5.74) is 4.24. The number of para-hydroxylation sites is 2. The molecule has 2 amide bonds. The summed E-state index contributed by atoms with van der Waals surface area (Å²) in [6.45, 7) is 10.7. The van der Waals surface area contributed by atoms with Crippen LogP contribution in [0.25, 0.3) is 0 Å². The van der Waals surface area contributed by atoms with Gasteiger partial charge in [0.2, 0.25) is 5.91 Å². The van der Waals surface area contributed by atoms with Gasteiger partial charge in [0.25, 0.3) is 5.91 Å². The number of piperazine rings is 1. The Balaban J connectivity index is 1.10. The van der Waals surface area contributed by atoms with E-state index >= 15 is 0 Å². The van der Waals surface area contributed by atoms with Gasteiger partial charge in [-0.05, 0) is 56.2 Å². The fourth-order valence-electron chi connectivity index (χ4n) is 5.20. The van der Waals surface area contributed by atoms with Gasteiger partial charge >= 0.3 is 0 Å². The van der Waals surface area contributed by atoms with Crippen molar-refractivity contribution in [1.82, 2.24) is 4.90 Å². The lowest BCUT2D eigenvalue weighted by atomic mass is 10.1. The summed E-state index contributed by atoms with van der Waals surface area (Å²) in [7, 11) is 0. The second-order valence-electron chi connectivity index (χ2n) is 10.1. The van der Waals surface area contributed by atoms with Gasteiger partial charge in [-0.3, -0.25) is 14.5 Å². The number of nitrogens with zero attached hydrogens (tertiary/aromatic N) is 4. The number of fused-ring (bicyclic) bond motifs is 1. The topological polar surface area (TPSA) is 86.7 Å². The van der Waals surface area contributed by atoms with Crippen LogP contribution in [-0.2, 0) is 20.8 Å². The predicted octanol–water partition coefficient (Wildman–Crippen LogP) is 3.29. The number of oxime groups is 1. The highest BCUT2D eigenvalue weighted by Crippen LogP contribution is 2.31. The number of nitrogens with one attached hydrogen (secondary N) is 1. The molecule has 2 aromatic rings. The standard InChI is InChI=1S/C28H35N5O4/c1-19(2)36-27-7-5-4-6-26(27)32-14-12-31(13-15-32)18-23-17-24(30-37-23)28(35)29-22-8-9-25-21(16-22)10-11-33(25)20(3)34/h4-9,16,19,23H,10-15,17-18H2,1-3H3,(H,29,35). The van der Waals surface area contributed by atoms with Gasteiger partial charge < -0.3 is 24.7 Å². The lowest BCUT2D eigenvalue weighted by Gasteiger charge is -2.37. The Hall–Kier alpha value is -3.59. The molecule has 1 N–H and O–H groups in total. The Bertz CT molecular complexity index is 1190. The maximum Gasteiger partial charge on any atom is 0.273 e. The number of benzene rings is 2. The fourth-order valence-corrected chi connectivity index (χ4v) is 5.20. The second kappa shape index (κ2) is 10.8. The highest BCUT2D eigenvalue weighted by atomic mass is 16.6. The van der Waals surface area contributed by atoms with E-state index in [0.29, 0.717) is 24.4 Å². The first-order valence-corrected chi connectivity index (χ1v) is 13.1. The van der Waals surface area contributed by atoms with E-state index in [2.05, 4.69) is 32.4 Å². The summed E-state index contributed by atoms with van der Waals surface area (Å²) < 4.78 is 6.00. The van der Waals surface area contributed by atoms with E-state index < -0.39 is 0 Å². The second-order valence-corrected chi connectivity index (χ2v) is 10.1. The molecule has 9 nitrogen and oxygen atoms in total. The maximum absolute atomic E-state index is 12.8. The molecule has 0 spiro atoms. The Morgan fingerprint density at radius 3 is 2.62 bits per heavy atom. The van der Waals surface area contributed by atoms with Crippen LogP contribution in [0.4, 0.5) is 17.1 Å². The van der Waals surface area contributed by atoms with Crippen molar-refractivity contribution in [3.05, 3.63) is 48.0 Å². The monoisotopic (exact) mass is 505 g/mol. The number of carbonyl (C=O) groups excluding carboxylic acids is 2. The summed E-state index contributed by atoms with van der Waals surface area (Å²) >= 11 is 0. The summed E-state index contributed by atoms with van der Waals surface area (Å²) in [5, 5.41) is 7.03. The molecule has 9 heteroatoms. The molecular formula is C28H35N5O4. The van der Waals surface area contributed by atoms with Crippen LogP contribution in [0, 0.1) is 0 Å². The van der Waals surface area contributed by atoms with Gasteiger partial charge in [-0.25, -0.2) is 0 Å². The van der Waals surface area contributed by atoms with E-state index in [1.165, 1.54) is 0 Å². The third-order valence-corrected chi connectivity index (χ3v) is 7.01. The van der Waals surface area contributed by atoms with Gasteiger partial charge in [-0.2, -0.15) is 0 Å². The molecule has 0 radical (unpaired) electrons. The molecule has 0 bridgehead atoms. The molecule has 2 aromatic carbocycles. The van der Waals surface area contributed by atoms with E-state index in [-0.39, 0.29) is 24.0 Å². The molecule has 3 aliphatic rings. The largest absolute Gasteiger partial charge is 0.489 e. The SMILES string of the molecule is CC(=O)N1CCc2cc(NC(=O)C3=NOC(CN4CCN(c5ccccc5OC(C)C)CC4)C3)ccc21. The van der Waals surface area contributed by atoms with Crippen LogP contribution in [0.1, 0.15) is 32.8 Å². The Morgan fingerprint density at radius 2 is 1.86 bits per heavy atom. The minimum atomic E-state index is -0.240. The van der Waals surface area contributed by atoms with Crippen molar-refractivity contribution in [3.63, 3.8) is 0 Å². The van der Waals surface area contributed by atoms with Gasteiger partial charge in [0.05, 0.1) is 11.8 Å². The number of hydrogen-bond donors (Lipinski definition) is 1. The molecule has 3 heterocycles. The molecule has 1 atom stereocenters. The van der Waals surface area contributed by atoms with Gasteiger partial charge in [0.1, 0.15) is 17.6 Å². The normalized spacial score (nSPS) is 19.5.